The number of alkyl halides is 2. The molecule has 1 aliphatic heterocycles. The maximum atomic E-state index is 12.5. The van der Waals surface area contributed by atoms with Gasteiger partial charge in [0.25, 0.3) is 5.92 Å². The van der Waals surface area contributed by atoms with Crippen LogP contribution in [0, 0.1) is 5.92 Å². The highest BCUT2D eigenvalue weighted by molar-refractivity contribution is 8.00. The summed E-state index contributed by atoms with van der Waals surface area (Å²) < 4.78 is 24.9. The molecule has 2 N–H and O–H groups in total. The van der Waals surface area contributed by atoms with Crippen molar-refractivity contribution in [2.24, 2.45) is 11.7 Å². The third-order valence-corrected chi connectivity index (χ3v) is 2.78. The third kappa shape index (κ3) is 1.35. The number of rotatable bonds is 2. The van der Waals surface area contributed by atoms with E-state index in [0.29, 0.717) is 11.5 Å². The number of nitrogens with two attached hydrogens (primary N) is 1. The summed E-state index contributed by atoms with van der Waals surface area (Å²) in [6.45, 7) is -0.502. The maximum absolute atomic E-state index is 12.5. The highest BCUT2D eigenvalue weighted by atomic mass is 32.2. The zero-order valence-electron chi connectivity index (χ0n) is 4.94. The number of thioether (sulfide) groups is 1. The first-order chi connectivity index (χ1) is 4.17. The highest BCUT2D eigenvalue weighted by Gasteiger charge is 2.41. The monoisotopic (exact) mass is 153 g/mol. The van der Waals surface area contributed by atoms with Crippen LogP contribution in [-0.4, -0.2) is 24.0 Å². The van der Waals surface area contributed by atoms with E-state index < -0.39 is 18.4 Å². The molecule has 0 aromatic carbocycles. The minimum atomic E-state index is -2.61. The van der Waals surface area contributed by atoms with Crippen molar-refractivity contribution in [3.05, 3.63) is 0 Å². The molecular weight excluding hydrogens is 144 g/mol. The Hall–Kier alpha value is 0.170. The number of hydrogen-bond donors (Lipinski definition) is 1. The third-order valence-electron chi connectivity index (χ3n) is 1.51. The lowest BCUT2D eigenvalue weighted by Crippen LogP contribution is -2.43. The van der Waals surface area contributed by atoms with E-state index in [1.807, 2.05) is 0 Å². The van der Waals surface area contributed by atoms with Gasteiger partial charge in [0.1, 0.15) is 0 Å². The zero-order chi connectivity index (χ0) is 6.91. The lowest BCUT2D eigenvalue weighted by Gasteiger charge is -2.31. The van der Waals surface area contributed by atoms with Gasteiger partial charge in [-0.3, -0.25) is 0 Å². The molecule has 0 aromatic rings. The van der Waals surface area contributed by atoms with E-state index in [4.69, 9.17) is 5.73 Å². The van der Waals surface area contributed by atoms with E-state index in [1.165, 1.54) is 0 Å². The fraction of sp³-hybridized carbons (Fsp3) is 1.00. The van der Waals surface area contributed by atoms with Crippen molar-refractivity contribution in [2.75, 3.05) is 18.1 Å². The molecule has 0 unspecified atom stereocenters. The Morgan fingerprint density at radius 1 is 1.56 bits per heavy atom. The van der Waals surface area contributed by atoms with Crippen LogP contribution in [0.2, 0.25) is 0 Å². The van der Waals surface area contributed by atoms with Crippen molar-refractivity contribution in [3.63, 3.8) is 0 Å². The summed E-state index contributed by atoms with van der Waals surface area (Å²) in [6, 6.07) is 0. The Balaban J connectivity index is 2.37. The Labute approximate surface area is 57.0 Å². The van der Waals surface area contributed by atoms with Gasteiger partial charge in [0.2, 0.25) is 0 Å². The lowest BCUT2D eigenvalue weighted by atomic mass is 10.1. The first kappa shape index (κ1) is 7.28. The van der Waals surface area contributed by atoms with Crippen LogP contribution in [0.4, 0.5) is 8.78 Å². The van der Waals surface area contributed by atoms with Crippen LogP contribution < -0.4 is 5.73 Å². The van der Waals surface area contributed by atoms with Gasteiger partial charge in [-0.2, -0.15) is 11.8 Å². The predicted molar refractivity (Wildman–Crippen MR) is 34.8 cm³/mol. The molecule has 1 heterocycles. The molecule has 0 bridgehead atoms. The van der Waals surface area contributed by atoms with Crippen molar-refractivity contribution in [1.29, 1.82) is 0 Å². The van der Waals surface area contributed by atoms with Crippen LogP contribution in [0.5, 0.6) is 0 Å². The fourth-order valence-electron chi connectivity index (χ4n) is 0.646. The van der Waals surface area contributed by atoms with Gasteiger partial charge in [0.05, 0.1) is 6.54 Å². The van der Waals surface area contributed by atoms with Crippen LogP contribution >= 0.6 is 11.8 Å². The molecule has 1 fully saturated rings. The molecular formula is C5H9F2NS. The molecule has 0 atom stereocenters. The van der Waals surface area contributed by atoms with Crippen LogP contribution in [-0.2, 0) is 0 Å². The predicted octanol–water partition coefficient (Wildman–Crippen LogP) is 0.943. The molecule has 0 amide bonds. The van der Waals surface area contributed by atoms with Crippen molar-refractivity contribution in [3.8, 4) is 0 Å². The zero-order valence-corrected chi connectivity index (χ0v) is 5.76. The Bertz CT molecular complexity index is 103. The second-order valence-corrected chi connectivity index (χ2v) is 3.27. The molecule has 0 radical (unpaired) electrons. The molecule has 0 saturated carbocycles. The highest BCUT2D eigenvalue weighted by Crippen LogP contribution is 2.36. The summed E-state index contributed by atoms with van der Waals surface area (Å²) in [7, 11) is 0. The first-order valence-electron chi connectivity index (χ1n) is 2.82. The molecule has 0 aromatic heterocycles. The summed E-state index contributed by atoms with van der Waals surface area (Å²) in [4.78, 5) is 0. The molecule has 1 rings (SSSR count). The van der Waals surface area contributed by atoms with Gasteiger partial charge in [-0.1, -0.05) is 0 Å². The summed E-state index contributed by atoms with van der Waals surface area (Å²) in [5, 5.41) is 0. The molecule has 0 spiro atoms. The quantitative estimate of drug-likeness (QED) is 0.639. The first-order valence-corrected chi connectivity index (χ1v) is 3.98. The average molecular weight is 153 g/mol. The van der Waals surface area contributed by atoms with Gasteiger partial charge in [-0.15, -0.1) is 0 Å². The van der Waals surface area contributed by atoms with E-state index in [0.717, 1.165) is 0 Å². The van der Waals surface area contributed by atoms with Gasteiger partial charge < -0.3 is 5.73 Å². The van der Waals surface area contributed by atoms with E-state index in [9.17, 15) is 8.78 Å². The Kier molecular flexibility index (Phi) is 1.96. The standard InChI is InChI=1S/C5H9F2NS/c6-5(7,3-8)4-1-9-2-4/h4H,1-3,8H2. The van der Waals surface area contributed by atoms with Gasteiger partial charge in [-0.25, -0.2) is 8.78 Å². The molecule has 1 saturated heterocycles. The number of halogens is 2. The fourth-order valence-corrected chi connectivity index (χ4v) is 1.61. The molecule has 1 aliphatic rings. The second kappa shape index (κ2) is 2.42. The van der Waals surface area contributed by atoms with Crippen molar-refractivity contribution >= 4 is 11.8 Å². The maximum Gasteiger partial charge on any atom is 0.264 e. The van der Waals surface area contributed by atoms with E-state index in [2.05, 4.69) is 0 Å². The largest absolute Gasteiger partial charge is 0.325 e. The second-order valence-electron chi connectivity index (χ2n) is 2.20. The van der Waals surface area contributed by atoms with Crippen LogP contribution in [0.3, 0.4) is 0 Å². The van der Waals surface area contributed by atoms with E-state index in [-0.39, 0.29) is 0 Å². The summed E-state index contributed by atoms with van der Waals surface area (Å²) in [6.07, 6.45) is 0. The smallest absolute Gasteiger partial charge is 0.264 e. The minimum absolute atomic E-state index is 0.451. The topological polar surface area (TPSA) is 26.0 Å². The SMILES string of the molecule is NCC(F)(F)C1CSC1. The average Bonchev–Trinajstić information content (AvgIpc) is 1.60. The molecule has 4 heteroatoms. The Morgan fingerprint density at radius 2 is 2.11 bits per heavy atom. The lowest BCUT2D eigenvalue weighted by molar-refractivity contribution is -0.0353. The molecule has 1 nitrogen and oxygen atoms in total. The van der Waals surface area contributed by atoms with E-state index >= 15 is 0 Å². The van der Waals surface area contributed by atoms with Gasteiger partial charge in [0.15, 0.2) is 0 Å². The summed E-state index contributed by atoms with van der Waals surface area (Å²) in [5.41, 5.74) is 4.86. The van der Waals surface area contributed by atoms with E-state index in [1.54, 1.807) is 11.8 Å². The van der Waals surface area contributed by atoms with Crippen LogP contribution in [0.25, 0.3) is 0 Å². The minimum Gasteiger partial charge on any atom is -0.325 e. The van der Waals surface area contributed by atoms with Crippen LogP contribution in [0.1, 0.15) is 0 Å². The summed E-state index contributed by atoms with van der Waals surface area (Å²) in [5.74, 6) is -1.91. The molecule has 0 aliphatic carbocycles. The van der Waals surface area contributed by atoms with Gasteiger partial charge >= 0.3 is 0 Å². The van der Waals surface area contributed by atoms with Crippen molar-refractivity contribution in [2.45, 2.75) is 5.92 Å². The Morgan fingerprint density at radius 3 is 2.22 bits per heavy atom. The summed E-state index contributed by atoms with van der Waals surface area (Å²) >= 11 is 1.55. The molecule has 9 heavy (non-hydrogen) atoms. The van der Waals surface area contributed by atoms with Gasteiger partial charge in [-0.05, 0) is 0 Å². The van der Waals surface area contributed by atoms with Gasteiger partial charge in [0, 0.05) is 17.4 Å². The normalized spacial score (nSPS) is 21.7. The van der Waals surface area contributed by atoms with Crippen molar-refractivity contribution < 1.29 is 8.78 Å². The van der Waals surface area contributed by atoms with Crippen molar-refractivity contribution in [1.82, 2.24) is 0 Å². The number of hydrogen-bond acceptors (Lipinski definition) is 2. The molecule has 54 valence electrons. The van der Waals surface area contributed by atoms with Crippen LogP contribution in [0.15, 0.2) is 0 Å².